The molecule has 0 radical (unpaired) electrons. The van der Waals surface area contributed by atoms with Gasteiger partial charge in [0.15, 0.2) is 6.61 Å². The summed E-state index contributed by atoms with van der Waals surface area (Å²) < 4.78 is 42.9. The highest BCUT2D eigenvalue weighted by Crippen LogP contribution is 2.21. The van der Waals surface area contributed by atoms with E-state index in [1.807, 2.05) is 4.90 Å². The van der Waals surface area contributed by atoms with E-state index in [0.717, 1.165) is 5.56 Å². The number of halogens is 3. The van der Waals surface area contributed by atoms with E-state index in [-0.39, 0.29) is 37.3 Å². The molecule has 1 unspecified atom stereocenters. The number of carbonyl (C=O) groups is 2. The van der Waals surface area contributed by atoms with Gasteiger partial charge in [-0.2, -0.15) is 28.1 Å². The summed E-state index contributed by atoms with van der Waals surface area (Å²) in [5.74, 6) is -0.537. The second-order valence-corrected chi connectivity index (χ2v) is 9.83. The Morgan fingerprint density at radius 1 is 0.955 bits per heavy atom. The maximum absolute atomic E-state index is 12.7. The molecular formula is C27H31F3N8O6. The van der Waals surface area contributed by atoms with E-state index >= 15 is 0 Å². The number of hydrogen-bond donors (Lipinski definition) is 6. The fourth-order valence-corrected chi connectivity index (χ4v) is 4.13. The number of nitrogens with one attached hydrogen (secondary N) is 3. The average molecular weight is 621 g/mol. The van der Waals surface area contributed by atoms with Gasteiger partial charge in [-0.1, -0.05) is 12.1 Å². The van der Waals surface area contributed by atoms with Crippen LogP contribution in [0.3, 0.4) is 0 Å². The van der Waals surface area contributed by atoms with Crippen LogP contribution in [0.2, 0.25) is 0 Å². The molecule has 1 saturated heterocycles. The molecule has 236 valence electrons. The van der Waals surface area contributed by atoms with Crippen molar-refractivity contribution in [1.29, 1.82) is 0 Å². The first-order valence-electron chi connectivity index (χ1n) is 13.4. The number of β-amino-alcohol motifs (C(OH)–C–C–N with tert-alkyl or cyclic N) is 1. The minimum atomic E-state index is -4.61. The largest absolute Gasteiger partial charge is 0.508 e. The van der Waals surface area contributed by atoms with Crippen molar-refractivity contribution in [2.75, 3.05) is 56.5 Å². The fraction of sp³-hybridized carbons (Fsp3) is 0.370. The minimum Gasteiger partial charge on any atom is -0.508 e. The van der Waals surface area contributed by atoms with Crippen LogP contribution >= 0.6 is 0 Å². The highest BCUT2D eigenvalue weighted by molar-refractivity contribution is 5.94. The lowest BCUT2D eigenvalue weighted by atomic mass is 10.2. The van der Waals surface area contributed by atoms with Crippen LogP contribution in [0.5, 0.6) is 11.8 Å². The van der Waals surface area contributed by atoms with Crippen LogP contribution in [0.25, 0.3) is 0 Å². The Morgan fingerprint density at radius 3 is 2.25 bits per heavy atom. The van der Waals surface area contributed by atoms with Gasteiger partial charge in [-0.3, -0.25) is 9.69 Å². The second-order valence-electron chi connectivity index (χ2n) is 9.83. The molecule has 1 fully saturated rings. The average Bonchev–Trinajstić information content (AvgIpc) is 2.99. The molecular weight excluding hydrogens is 589 g/mol. The number of amides is 2. The molecule has 1 aliphatic heterocycles. The summed E-state index contributed by atoms with van der Waals surface area (Å²) in [6.45, 7) is 0.526. The molecule has 2 heterocycles. The van der Waals surface area contributed by atoms with Crippen molar-refractivity contribution in [3.63, 3.8) is 0 Å². The second kappa shape index (κ2) is 14.5. The third-order valence-corrected chi connectivity index (χ3v) is 6.38. The van der Waals surface area contributed by atoms with Gasteiger partial charge in [-0.15, -0.1) is 0 Å². The van der Waals surface area contributed by atoms with Crippen LogP contribution in [0, 0.1) is 0 Å². The monoisotopic (exact) mass is 620 g/mol. The molecule has 2 aromatic carbocycles. The highest BCUT2D eigenvalue weighted by atomic mass is 19.4. The number of carbonyl (C=O) groups excluding carboxylic acids is 1. The van der Waals surface area contributed by atoms with E-state index in [0.29, 0.717) is 37.4 Å². The SMILES string of the molecule is O=C(NCC(O)CN1CCN(C(=O)O)CC1)c1ccc(Nc2nc(NCc3ccc(O)cc3)nc(OCC(F)(F)F)n2)cc1. The summed E-state index contributed by atoms with van der Waals surface area (Å²) >= 11 is 0. The van der Waals surface area contributed by atoms with Crippen molar-refractivity contribution in [2.45, 2.75) is 18.8 Å². The number of carboxylic acid groups (broad SMARTS) is 1. The van der Waals surface area contributed by atoms with Crippen LogP contribution in [0.1, 0.15) is 15.9 Å². The summed E-state index contributed by atoms with van der Waals surface area (Å²) in [6.07, 6.45) is -6.44. The Balaban J connectivity index is 1.33. The van der Waals surface area contributed by atoms with Gasteiger partial charge >= 0.3 is 18.3 Å². The Labute approximate surface area is 249 Å². The molecule has 0 aliphatic carbocycles. The van der Waals surface area contributed by atoms with Crippen molar-refractivity contribution < 1.29 is 42.8 Å². The maximum atomic E-state index is 12.7. The van der Waals surface area contributed by atoms with E-state index in [1.54, 1.807) is 12.1 Å². The molecule has 1 aliphatic rings. The molecule has 44 heavy (non-hydrogen) atoms. The Morgan fingerprint density at radius 2 is 1.61 bits per heavy atom. The topological polar surface area (TPSA) is 185 Å². The first-order valence-corrected chi connectivity index (χ1v) is 13.4. The maximum Gasteiger partial charge on any atom is 0.422 e. The first-order chi connectivity index (χ1) is 20.9. The van der Waals surface area contributed by atoms with Gasteiger partial charge in [-0.05, 0) is 42.0 Å². The number of aliphatic hydroxyl groups excluding tert-OH is 1. The summed E-state index contributed by atoms with van der Waals surface area (Å²) in [5, 5.41) is 37.2. The number of ether oxygens (including phenoxy) is 1. The van der Waals surface area contributed by atoms with Gasteiger partial charge < -0.3 is 40.9 Å². The predicted octanol–water partition coefficient (Wildman–Crippen LogP) is 2.26. The fourth-order valence-electron chi connectivity index (χ4n) is 4.13. The number of phenolic OH excluding ortho intramolecular Hbond substituents is 1. The van der Waals surface area contributed by atoms with Gasteiger partial charge in [0.1, 0.15) is 5.75 Å². The third-order valence-electron chi connectivity index (χ3n) is 6.38. The number of anilines is 3. The molecule has 0 bridgehead atoms. The smallest absolute Gasteiger partial charge is 0.422 e. The summed E-state index contributed by atoms with van der Waals surface area (Å²) in [6, 6.07) is 11.8. The number of piperazine rings is 1. The van der Waals surface area contributed by atoms with Crippen LogP contribution in [0.15, 0.2) is 48.5 Å². The Kier molecular flexibility index (Phi) is 10.6. The highest BCUT2D eigenvalue weighted by Gasteiger charge is 2.29. The number of phenols is 1. The number of aromatic nitrogens is 3. The molecule has 14 nitrogen and oxygen atoms in total. The Hall–Kier alpha value is -4.90. The lowest BCUT2D eigenvalue weighted by molar-refractivity contribution is -0.154. The summed E-state index contributed by atoms with van der Waals surface area (Å²) in [7, 11) is 0. The van der Waals surface area contributed by atoms with Crippen molar-refractivity contribution >= 4 is 29.6 Å². The zero-order valence-electron chi connectivity index (χ0n) is 23.3. The lowest BCUT2D eigenvalue weighted by Crippen LogP contribution is -2.51. The van der Waals surface area contributed by atoms with Crippen molar-refractivity contribution in [3.05, 3.63) is 59.7 Å². The van der Waals surface area contributed by atoms with Gasteiger partial charge in [0, 0.05) is 57.1 Å². The van der Waals surface area contributed by atoms with Gasteiger partial charge in [0.2, 0.25) is 11.9 Å². The van der Waals surface area contributed by atoms with Crippen LogP contribution < -0.4 is 20.7 Å². The standard InChI is InChI=1S/C27H31F3N8O6/c28-27(29,30)16-44-25-35-23(32-13-17-1-7-20(39)8-2-17)34-24(36-25)33-19-5-3-18(4-6-19)22(41)31-14-21(40)15-37-9-11-38(12-10-37)26(42)43/h1-8,21,39-40H,9-16H2,(H,31,41)(H,42,43)(H2,32,33,34,35,36). The number of aliphatic hydroxyl groups is 1. The van der Waals surface area contributed by atoms with Crippen LogP contribution in [-0.2, 0) is 6.54 Å². The van der Waals surface area contributed by atoms with Gasteiger partial charge in [0.25, 0.3) is 5.91 Å². The normalized spacial score (nSPS) is 14.5. The molecule has 6 N–H and O–H groups in total. The molecule has 2 amide bonds. The molecule has 17 heteroatoms. The molecule has 0 saturated carbocycles. The number of hydrogen-bond acceptors (Lipinski definition) is 11. The van der Waals surface area contributed by atoms with E-state index in [1.165, 1.54) is 41.3 Å². The third kappa shape index (κ3) is 10.1. The van der Waals surface area contributed by atoms with Crippen LogP contribution in [-0.4, -0.2) is 110 Å². The van der Waals surface area contributed by atoms with Crippen molar-refractivity contribution in [1.82, 2.24) is 30.1 Å². The predicted molar refractivity (Wildman–Crippen MR) is 151 cm³/mol. The molecule has 0 spiro atoms. The zero-order valence-corrected chi connectivity index (χ0v) is 23.3. The number of aromatic hydroxyl groups is 1. The molecule has 3 aromatic rings. The number of benzene rings is 2. The zero-order chi connectivity index (χ0) is 31.7. The van der Waals surface area contributed by atoms with Gasteiger partial charge in [0.05, 0.1) is 6.10 Å². The molecule has 1 atom stereocenters. The van der Waals surface area contributed by atoms with E-state index in [4.69, 9.17) is 9.84 Å². The summed E-state index contributed by atoms with van der Waals surface area (Å²) in [4.78, 5) is 38.8. The van der Waals surface area contributed by atoms with Gasteiger partial charge in [-0.25, -0.2) is 4.79 Å². The molecule has 4 rings (SSSR count). The van der Waals surface area contributed by atoms with Crippen molar-refractivity contribution in [3.8, 4) is 11.8 Å². The minimum absolute atomic E-state index is 0.0105. The number of nitrogens with zero attached hydrogens (tertiary/aromatic N) is 5. The summed E-state index contributed by atoms with van der Waals surface area (Å²) in [5.41, 5.74) is 1.45. The van der Waals surface area contributed by atoms with E-state index in [9.17, 15) is 33.0 Å². The van der Waals surface area contributed by atoms with E-state index < -0.39 is 36.9 Å². The Bertz CT molecular complexity index is 1400. The first kappa shape index (κ1) is 32.0. The number of rotatable bonds is 12. The van der Waals surface area contributed by atoms with Crippen molar-refractivity contribution in [2.24, 2.45) is 0 Å². The van der Waals surface area contributed by atoms with E-state index in [2.05, 4.69) is 30.9 Å². The molecule has 1 aromatic heterocycles. The quantitative estimate of drug-likeness (QED) is 0.174. The van der Waals surface area contributed by atoms with Crippen LogP contribution in [0.4, 0.5) is 35.5 Å². The number of alkyl halides is 3. The lowest BCUT2D eigenvalue weighted by Gasteiger charge is -2.34.